The molecule has 0 saturated carbocycles. The zero-order chi connectivity index (χ0) is 15.0. The maximum Gasteiger partial charge on any atom is 0.0904 e. The Labute approximate surface area is 134 Å². The molecule has 1 saturated heterocycles. The number of nitrogens with zero attached hydrogens (tertiary/aromatic N) is 2. The average molecular weight is 322 g/mol. The van der Waals surface area contributed by atoms with Crippen molar-refractivity contribution in [3.63, 3.8) is 0 Å². The number of thiazole rings is 1. The van der Waals surface area contributed by atoms with Crippen molar-refractivity contribution in [3.8, 4) is 9.75 Å². The Hall–Kier alpha value is -0.750. The van der Waals surface area contributed by atoms with Crippen LogP contribution >= 0.6 is 22.7 Å². The van der Waals surface area contributed by atoms with Crippen LogP contribution in [0.1, 0.15) is 29.4 Å². The summed E-state index contributed by atoms with van der Waals surface area (Å²) in [4.78, 5) is 11.1. The van der Waals surface area contributed by atoms with E-state index in [2.05, 4.69) is 49.7 Å². The Balaban J connectivity index is 1.72. The highest BCUT2D eigenvalue weighted by Gasteiger charge is 2.22. The van der Waals surface area contributed by atoms with Crippen molar-refractivity contribution in [2.24, 2.45) is 0 Å². The molecule has 0 bridgehead atoms. The fourth-order valence-electron chi connectivity index (χ4n) is 2.98. The Bertz CT molecular complexity index is 610. The van der Waals surface area contributed by atoms with Gasteiger partial charge in [0.1, 0.15) is 0 Å². The molecule has 0 unspecified atom stereocenters. The van der Waals surface area contributed by atoms with E-state index >= 15 is 0 Å². The van der Waals surface area contributed by atoms with Gasteiger partial charge in [-0.05, 0) is 39.8 Å². The summed E-state index contributed by atoms with van der Waals surface area (Å²) in [5.41, 5.74) is 1.15. The van der Waals surface area contributed by atoms with Gasteiger partial charge in [0.25, 0.3) is 0 Å². The lowest BCUT2D eigenvalue weighted by molar-refractivity contribution is -0.0702. The van der Waals surface area contributed by atoms with Gasteiger partial charge in [-0.25, -0.2) is 4.98 Å². The first kappa shape index (κ1) is 15.2. The molecule has 3 nitrogen and oxygen atoms in total. The summed E-state index contributed by atoms with van der Waals surface area (Å²) in [5, 5.41) is 1.15. The second-order valence-electron chi connectivity index (χ2n) is 5.86. The predicted molar refractivity (Wildman–Crippen MR) is 90.2 cm³/mol. The zero-order valence-corrected chi connectivity index (χ0v) is 14.7. The minimum absolute atomic E-state index is 0.333. The summed E-state index contributed by atoms with van der Waals surface area (Å²) in [6, 6.07) is 4.51. The first-order valence-electron chi connectivity index (χ1n) is 7.42. The van der Waals surface area contributed by atoms with Gasteiger partial charge in [0.2, 0.25) is 0 Å². The molecule has 114 valence electrons. The number of aryl methyl sites for hydroxylation is 2. The van der Waals surface area contributed by atoms with Gasteiger partial charge in [-0.15, -0.1) is 22.7 Å². The fraction of sp³-hybridized carbons (Fsp3) is 0.562. The van der Waals surface area contributed by atoms with Crippen molar-refractivity contribution >= 4 is 22.7 Å². The smallest absolute Gasteiger partial charge is 0.0904 e. The van der Waals surface area contributed by atoms with Crippen LogP contribution in [0.15, 0.2) is 12.1 Å². The molecule has 0 N–H and O–H groups in total. The minimum atomic E-state index is 0.333. The van der Waals surface area contributed by atoms with E-state index in [4.69, 9.17) is 4.74 Å². The number of morpholine rings is 1. The molecule has 0 spiro atoms. The van der Waals surface area contributed by atoms with Crippen molar-refractivity contribution in [2.75, 3.05) is 13.1 Å². The molecular formula is C16H22N2OS2. The topological polar surface area (TPSA) is 25.4 Å². The third-order valence-corrected chi connectivity index (χ3v) is 5.99. The molecule has 2 atom stereocenters. The van der Waals surface area contributed by atoms with E-state index in [-0.39, 0.29) is 0 Å². The van der Waals surface area contributed by atoms with Gasteiger partial charge in [-0.3, -0.25) is 4.90 Å². The van der Waals surface area contributed by atoms with Crippen LogP contribution in [-0.4, -0.2) is 35.2 Å². The average Bonchev–Trinajstić information content (AvgIpc) is 2.94. The van der Waals surface area contributed by atoms with Crippen LogP contribution in [-0.2, 0) is 11.3 Å². The molecule has 3 rings (SSSR count). The standard InChI is InChI=1S/C16H22N2OS2/c1-10-7-18(8-11(2)19-10)9-14-5-6-15(21-14)16-12(3)17-13(4)20-16/h5-6,10-11H,7-9H2,1-4H3/t10-,11+. The summed E-state index contributed by atoms with van der Waals surface area (Å²) < 4.78 is 5.80. The van der Waals surface area contributed by atoms with E-state index in [0.29, 0.717) is 12.2 Å². The van der Waals surface area contributed by atoms with Gasteiger partial charge in [-0.1, -0.05) is 0 Å². The lowest BCUT2D eigenvalue weighted by Crippen LogP contribution is -2.44. The molecule has 0 radical (unpaired) electrons. The Morgan fingerprint density at radius 2 is 1.90 bits per heavy atom. The Morgan fingerprint density at radius 3 is 2.52 bits per heavy atom. The summed E-state index contributed by atoms with van der Waals surface area (Å²) in [6.07, 6.45) is 0.666. The molecule has 0 aromatic carbocycles. The SMILES string of the molecule is Cc1nc(C)c(-c2ccc(CN3C[C@@H](C)O[C@@H](C)C3)s2)s1. The number of hydrogen-bond donors (Lipinski definition) is 0. The molecule has 2 aromatic rings. The summed E-state index contributed by atoms with van der Waals surface area (Å²) in [7, 11) is 0. The van der Waals surface area contributed by atoms with Crippen molar-refractivity contribution in [1.29, 1.82) is 0 Å². The molecule has 2 aromatic heterocycles. The first-order chi connectivity index (χ1) is 10.0. The van der Waals surface area contributed by atoms with Crippen LogP contribution in [0.4, 0.5) is 0 Å². The highest BCUT2D eigenvalue weighted by Crippen LogP contribution is 2.35. The van der Waals surface area contributed by atoms with Gasteiger partial charge in [0.15, 0.2) is 0 Å². The van der Waals surface area contributed by atoms with Crippen LogP contribution in [0.5, 0.6) is 0 Å². The van der Waals surface area contributed by atoms with E-state index in [0.717, 1.165) is 30.3 Å². The maximum atomic E-state index is 5.80. The summed E-state index contributed by atoms with van der Waals surface area (Å²) >= 11 is 3.69. The summed E-state index contributed by atoms with van der Waals surface area (Å²) in [6.45, 7) is 11.6. The van der Waals surface area contributed by atoms with Gasteiger partial charge in [0, 0.05) is 29.4 Å². The van der Waals surface area contributed by atoms with Crippen LogP contribution < -0.4 is 0 Å². The molecule has 0 aliphatic carbocycles. The largest absolute Gasteiger partial charge is 0.373 e. The number of thiophene rings is 1. The van der Waals surface area contributed by atoms with Crippen molar-refractivity contribution in [2.45, 2.75) is 46.4 Å². The summed E-state index contributed by atoms with van der Waals surface area (Å²) in [5.74, 6) is 0. The molecule has 5 heteroatoms. The Kier molecular flexibility index (Phi) is 4.45. The third kappa shape index (κ3) is 3.54. The van der Waals surface area contributed by atoms with Gasteiger partial charge < -0.3 is 4.74 Å². The third-order valence-electron chi connectivity index (χ3n) is 3.66. The minimum Gasteiger partial charge on any atom is -0.373 e. The van der Waals surface area contributed by atoms with Gasteiger partial charge in [0.05, 0.1) is 27.8 Å². The molecule has 3 heterocycles. The van der Waals surface area contributed by atoms with Crippen molar-refractivity contribution in [3.05, 3.63) is 27.7 Å². The number of aromatic nitrogens is 1. The van der Waals surface area contributed by atoms with Crippen LogP contribution in [0.25, 0.3) is 9.75 Å². The quantitative estimate of drug-likeness (QED) is 0.851. The molecular weight excluding hydrogens is 300 g/mol. The number of ether oxygens (including phenoxy) is 1. The van der Waals surface area contributed by atoms with Gasteiger partial charge in [-0.2, -0.15) is 0 Å². The Morgan fingerprint density at radius 1 is 1.19 bits per heavy atom. The van der Waals surface area contributed by atoms with Crippen molar-refractivity contribution < 1.29 is 4.74 Å². The first-order valence-corrected chi connectivity index (χ1v) is 9.05. The number of rotatable bonds is 3. The lowest BCUT2D eigenvalue weighted by Gasteiger charge is -2.34. The van der Waals surface area contributed by atoms with E-state index in [1.165, 1.54) is 14.6 Å². The van der Waals surface area contributed by atoms with Crippen LogP contribution in [0.2, 0.25) is 0 Å². The normalized spacial score (nSPS) is 23.6. The molecule has 1 aliphatic rings. The van der Waals surface area contributed by atoms with Crippen molar-refractivity contribution in [1.82, 2.24) is 9.88 Å². The molecule has 21 heavy (non-hydrogen) atoms. The molecule has 1 aliphatic heterocycles. The van der Waals surface area contributed by atoms with Crippen LogP contribution in [0.3, 0.4) is 0 Å². The number of hydrogen-bond acceptors (Lipinski definition) is 5. The zero-order valence-electron chi connectivity index (χ0n) is 13.0. The van der Waals surface area contributed by atoms with E-state index in [9.17, 15) is 0 Å². The van der Waals surface area contributed by atoms with Crippen LogP contribution in [0, 0.1) is 13.8 Å². The second kappa shape index (κ2) is 6.16. The maximum absolute atomic E-state index is 5.80. The highest BCUT2D eigenvalue weighted by molar-refractivity contribution is 7.22. The molecule has 1 fully saturated rings. The fourth-order valence-corrected chi connectivity index (χ4v) is 5.11. The van der Waals surface area contributed by atoms with E-state index < -0.39 is 0 Å². The predicted octanol–water partition coefficient (Wildman–Crippen LogP) is 4.10. The van der Waals surface area contributed by atoms with E-state index in [1.54, 1.807) is 11.3 Å². The van der Waals surface area contributed by atoms with Gasteiger partial charge >= 0.3 is 0 Å². The van der Waals surface area contributed by atoms with E-state index in [1.807, 2.05) is 11.3 Å². The molecule has 0 amide bonds. The lowest BCUT2D eigenvalue weighted by atomic mass is 10.2. The monoisotopic (exact) mass is 322 g/mol. The second-order valence-corrected chi connectivity index (χ2v) is 8.24. The highest BCUT2D eigenvalue weighted by atomic mass is 32.1.